The molecule has 1 aromatic heterocycles. The van der Waals surface area contributed by atoms with Crippen molar-refractivity contribution >= 4 is 47.0 Å². The minimum absolute atomic E-state index is 0.0480. The zero-order chi connectivity index (χ0) is 30.3. The van der Waals surface area contributed by atoms with E-state index in [0.29, 0.717) is 57.0 Å². The lowest BCUT2D eigenvalue weighted by molar-refractivity contribution is -0.127. The molecular weight excluding hydrogens is 556 g/mol. The Labute approximate surface area is 253 Å². The number of carbonyl (C=O) groups excluding carboxylic acids is 3. The Morgan fingerprint density at radius 1 is 1.17 bits per heavy atom. The number of nitrogens with two attached hydrogens (primary N) is 1. The predicted molar refractivity (Wildman–Crippen MR) is 165 cm³/mol. The van der Waals surface area contributed by atoms with Gasteiger partial charge in [-0.2, -0.15) is 0 Å². The molecular formula is C30H46N6O5S. The number of fused-ring (bicyclic) bond motifs is 1. The fraction of sp³-hybridized carbons (Fsp3) is 0.667. The average Bonchev–Trinajstić information content (AvgIpc) is 3.18. The van der Waals surface area contributed by atoms with Crippen LogP contribution in [0.4, 0.5) is 15.3 Å². The number of hydrogen-bond acceptors (Lipinski definition) is 9. The summed E-state index contributed by atoms with van der Waals surface area (Å²) in [6.07, 6.45) is 6.09. The molecule has 232 valence electrons. The first-order valence-electron chi connectivity index (χ1n) is 15.1. The third-order valence-electron chi connectivity index (χ3n) is 7.39. The summed E-state index contributed by atoms with van der Waals surface area (Å²) >= 11 is 1.62. The second-order valence-electron chi connectivity index (χ2n) is 12.2. The standard InChI is InChI=1S/C30H46N6O5S/c1-5-11-35(12-7-10-32-28(38)40-22-8-6-9-22)27(37)21-17-25-24(33-26(31)18-21)19-23(42-25)20-34-13-15-36(16-14-34)29(39)41-30(2,3)4/h17,19,22H,5-16,18,20H2,1-4H3,(H2,31,33)(H,32,38). The summed E-state index contributed by atoms with van der Waals surface area (Å²) in [4.78, 5) is 50.5. The van der Waals surface area contributed by atoms with Gasteiger partial charge < -0.3 is 30.3 Å². The summed E-state index contributed by atoms with van der Waals surface area (Å²) in [7, 11) is 0. The normalized spacial score (nSPS) is 17.8. The maximum atomic E-state index is 13.6. The lowest BCUT2D eigenvalue weighted by atomic mass is 9.96. The summed E-state index contributed by atoms with van der Waals surface area (Å²) in [5.41, 5.74) is 7.18. The molecule has 1 aliphatic carbocycles. The highest BCUT2D eigenvalue weighted by Crippen LogP contribution is 2.35. The Bertz CT molecular complexity index is 1180. The molecule has 0 unspecified atom stereocenters. The Morgan fingerprint density at radius 2 is 1.90 bits per heavy atom. The zero-order valence-electron chi connectivity index (χ0n) is 25.4. The van der Waals surface area contributed by atoms with E-state index in [1.807, 2.05) is 38.7 Å². The molecule has 3 N–H and O–H groups in total. The molecule has 0 bridgehead atoms. The van der Waals surface area contributed by atoms with E-state index < -0.39 is 5.60 Å². The van der Waals surface area contributed by atoms with Crippen LogP contribution >= 0.6 is 11.3 Å². The van der Waals surface area contributed by atoms with Gasteiger partial charge in [-0.1, -0.05) is 6.92 Å². The summed E-state index contributed by atoms with van der Waals surface area (Å²) in [5.74, 6) is 0.369. The van der Waals surface area contributed by atoms with Crippen LogP contribution in [-0.4, -0.2) is 96.1 Å². The Kier molecular flexibility index (Phi) is 10.9. The van der Waals surface area contributed by atoms with Gasteiger partial charge in [0.1, 0.15) is 17.5 Å². The lowest BCUT2D eigenvalue weighted by Gasteiger charge is -2.35. The second-order valence-corrected chi connectivity index (χ2v) is 13.4. The smallest absolute Gasteiger partial charge is 0.410 e. The van der Waals surface area contributed by atoms with Gasteiger partial charge >= 0.3 is 12.2 Å². The van der Waals surface area contributed by atoms with E-state index >= 15 is 0 Å². The van der Waals surface area contributed by atoms with Crippen LogP contribution in [0.1, 0.15) is 76.0 Å². The average molecular weight is 603 g/mol. The fourth-order valence-corrected chi connectivity index (χ4v) is 6.13. The van der Waals surface area contributed by atoms with Gasteiger partial charge in [-0.3, -0.25) is 9.69 Å². The van der Waals surface area contributed by atoms with Crippen LogP contribution in [-0.2, 0) is 20.8 Å². The van der Waals surface area contributed by atoms with Crippen molar-refractivity contribution < 1.29 is 23.9 Å². The summed E-state index contributed by atoms with van der Waals surface area (Å²) in [5, 5.41) is 2.80. The van der Waals surface area contributed by atoms with Crippen LogP contribution < -0.4 is 11.1 Å². The number of piperazine rings is 1. The summed E-state index contributed by atoms with van der Waals surface area (Å²) < 4.78 is 10.8. The third-order valence-corrected chi connectivity index (χ3v) is 8.45. The minimum Gasteiger partial charge on any atom is -0.446 e. The van der Waals surface area contributed by atoms with Crippen molar-refractivity contribution in [3.8, 4) is 0 Å². The first-order valence-corrected chi connectivity index (χ1v) is 15.9. The van der Waals surface area contributed by atoms with Crippen molar-refractivity contribution in [1.29, 1.82) is 0 Å². The lowest BCUT2D eigenvalue weighted by Crippen LogP contribution is -2.49. The van der Waals surface area contributed by atoms with Crippen molar-refractivity contribution in [2.75, 3.05) is 45.8 Å². The predicted octanol–water partition coefficient (Wildman–Crippen LogP) is 4.48. The number of nitrogens with one attached hydrogen (secondary N) is 1. The van der Waals surface area contributed by atoms with E-state index in [9.17, 15) is 14.4 Å². The van der Waals surface area contributed by atoms with Gasteiger partial charge in [0.05, 0.1) is 10.6 Å². The Morgan fingerprint density at radius 3 is 2.55 bits per heavy atom. The number of nitrogens with zero attached hydrogens (tertiary/aromatic N) is 4. The van der Waals surface area contributed by atoms with Gasteiger partial charge in [-0.15, -0.1) is 11.3 Å². The van der Waals surface area contributed by atoms with E-state index in [0.717, 1.165) is 60.8 Å². The molecule has 12 heteroatoms. The number of thiophene rings is 1. The fourth-order valence-electron chi connectivity index (χ4n) is 5.02. The highest BCUT2D eigenvalue weighted by Gasteiger charge is 2.27. The quantitative estimate of drug-likeness (QED) is 0.378. The van der Waals surface area contributed by atoms with Crippen LogP contribution in [0.3, 0.4) is 0 Å². The van der Waals surface area contributed by atoms with Gasteiger partial charge in [0.15, 0.2) is 0 Å². The van der Waals surface area contributed by atoms with Gasteiger partial charge in [-0.05, 0) is 65.0 Å². The largest absolute Gasteiger partial charge is 0.446 e. The van der Waals surface area contributed by atoms with Crippen molar-refractivity contribution in [1.82, 2.24) is 20.0 Å². The number of alkyl carbamates (subject to hydrolysis) is 1. The van der Waals surface area contributed by atoms with Gasteiger partial charge in [-0.25, -0.2) is 14.6 Å². The van der Waals surface area contributed by atoms with Crippen LogP contribution in [0.2, 0.25) is 0 Å². The van der Waals surface area contributed by atoms with Crippen molar-refractivity contribution in [3.63, 3.8) is 0 Å². The molecule has 4 rings (SSSR count). The van der Waals surface area contributed by atoms with Gasteiger partial charge in [0, 0.05) is 69.2 Å². The second kappa shape index (κ2) is 14.4. The number of carbonyl (C=O) groups is 3. The van der Waals surface area contributed by atoms with E-state index in [-0.39, 0.29) is 24.2 Å². The topological polar surface area (TPSA) is 130 Å². The molecule has 0 spiro atoms. The number of aliphatic imine (C=N–C) groups is 1. The molecule has 0 radical (unpaired) electrons. The molecule has 0 aromatic carbocycles. The molecule has 42 heavy (non-hydrogen) atoms. The van der Waals surface area contributed by atoms with Gasteiger partial charge in [0.2, 0.25) is 5.91 Å². The maximum absolute atomic E-state index is 13.6. The van der Waals surface area contributed by atoms with Crippen LogP contribution in [0, 0.1) is 0 Å². The van der Waals surface area contributed by atoms with E-state index in [1.165, 1.54) is 0 Å². The van der Waals surface area contributed by atoms with E-state index in [2.05, 4.69) is 21.3 Å². The molecule has 1 aromatic rings. The van der Waals surface area contributed by atoms with Crippen molar-refractivity contribution in [2.24, 2.45) is 10.7 Å². The van der Waals surface area contributed by atoms with Crippen molar-refractivity contribution in [3.05, 3.63) is 21.4 Å². The first kappa shape index (κ1) is 31.8. The molecule has 3 amide bonds. The molecule has 3 aliphatic rings. The Hall–Kier alpha value is -3.12. The van der Waals surface area contributed by atoms with Crippen LogP contribution in [0.25, 0.3) is 6.08 Å². The highest BCUT2D eigenvalue weighted by molar-refractivity contribution is 7.13. The highest BCUT2D eigenvalue weighted by atomic mass is 32.1. The summed E-state index contributed by atoms with van der Waals surface area (Å²) in [6, 6.07) is 2.05. The molecule has 1 saturated carbocycles. The zero-order valence-corrected chi connectivity index (χ0v) is 26.3. The molecule has 2 fully saturated rings. The summed E-state index contributed by atoms with van der Waals surface area (Å²) in [6.45, 7) is 12.8. The first-order chi connectivity index (χ1) is 20.0. The monoisotopic (exact) mass is 602 g/mol. The third kappa shape index (κ3) is 9.19. The van der Waals surface area contributed by atoms with Crippen LogP contribution in [0.15, 0.2) is 16.6 Å². The molecule has 3 heterocycles. The molecule has 2 aliphatic heterocycles. The maximum Gasteiger partial charge on any atom is 0.410 e. The van der Waals surface area contributed by atoms with Crippen molar-refractivity contribution in [2.45, 2.75) is 84.5 Å². The SMILES string of the molecule is CCCN(CCCNC(=O)OC1CCC1)C(=O)C1=Cc2sc(CN3CCN(C(=O)OC(C)(C)C)CC3)cc2N=C(N)C1. The minimum atomic E-state index is -0.506. The van der Waals surface area contributed by atoms with E-state index in [4.69, 9.17) is 15.2 Å². The van der Waals surface area contributed by atoms with E-state index in [1.54, 1.807) is 16.2 Å². The number of amidine groups is 1. The number of hydrogen-bond donors (Lipinski definition) is 2. The molecule has 1 saturated heterocycles. The molecule has 11 nitrogen and oxygen atoms in total. The van der Waals surface area contributed by atoms with Crippen LogP contribution in [0.5, 0.6) is 0 Å². The van der Waals surface area contributed by atoms with Gasteiger partial charge in [0.25, 0.3) is 0 Å². The number of ether oxygens (including phenoxy) is 2. The number of rotatable bonds is 10. The number of amides is 3. The Balaban J connectivity index is 1.32. The molecule has 0 atom stereocenters.